The first-order chi connectivity index (χ1) is 15.3. The molecule has 1 atom stereocenters. The minimum Gasteiger partial charge on any atom is -0.495 e. The molecule has 1 N–H and O–H groups in total. The number of anilines is 1. The van der Waals surface area contributed by atoms with E-state index in [0.717, 1.165) is 18.4 Å². The molecule has 1 aliphatic heterocycles. The van der Waals surface area contributed by atoms with Crippen LogP contribution in [0.1, 0.15) is 44.6 Å². The van der Waals surface area contributed by atoms with Crippen LogP contribution in [0.25, 0.3) is 0 Å². The van der Waals surface area contributed by atoms with Crippen molar-refractivity contribution in [2.45, 2.75) is 52.1 Å². The third-order valence-corrected chi connectivity index (χ3v) is 6.65. The van der Waals surface area contributed by atoms with Crippen molar-refractivity contribution >= 4 is 35.1 Å². The van der Waals surface area contributed by atoms with E-state index in [0.29, 0.717) is 55.6 Å². The fourth-order valence-electron chi connectivity index (χ4n) is 4.22. The smallest absolute Gasteiger partial charge is 0.313 e. The van der Waals surface area contributed by atoms with Crippen molar-refractivity contribution in [2.24, 2.45) is 5.41 Å². The molecule has 1 unspecified atom stereocenters. The lowest BCUT2D eigenvalue weighted by atomic mass is 9.82. The molecule has 1 heterocycles. The molecule has 0 bridgehead atoms. The lowest BCUT2D eigenvalue weighted by Crippen LogP contribution is -2.45. The van der Waals surface area contributed by atoms with Gasteiger partial charge in [-0.25, -0.2) is 0 Å². The zero-order valence-corrected chi connectivity index (χ0v) is 19.6. The maximum Gasteiger partial charge on any atom is 0.313 e. The molecule has 1 aliphatic carbocycles. The standard InChI is InChI=1S/C23H31ClN2O6/c1-15-12-18(19(30-3)13-17(15)24)25-21(28)16(2)32-22(29)23(6-4-5-7-23)14-20(27)26-8-10-31-11-9-26/h12-13,16H,4-11,14H2,1-3H3,(H,25,28). The number of morpholine rings is 1. The summed E-state index contributed by atoms with van der Waals surface area (Å²) in [6, 6.07) is 3.32. The Bertz CT molecular complexity index is 862. The zero-order chi connectivity index (χ0) is 23.3. The third-order valence-electron chi connectivity index (χ3n) is 6.24. The van der Waals surface area contributed by atoms with E-state index in [2.05, 4.69) is 5.32 Å². The number of esters is 1. The van der Waals surface area contributed by atoms with Gasteiger partial charge in [0.05, 0.1) is 31.4 Å². The van der Waals surface area contributed by atoms with E-state index in [1.165, 1.54) is 14.0 Å². The predicted octanol–water partition coefficient (Wildman–Crippen LogP) is 3.34. The van der Waals surface area contributed by atoms with Crippen LogP contribution >= 0.6 is 11.6 Å². The Morgan fingerprint density at radius 1 is 1.22 bits per heavy atom. The van der Waals surface area contributed by atoms with Gasteiger partial charge in [-0.2, -0.15) is 0 Å². The Morgan fingerprint density at radius 3 is 2.50 bits per heavy atom. The Kier molecular flexibility index (Phi) is 8.00. The van der Waals surface area contributed by atoms with Crippen LogP contribution < -0.4 is 10.1 Å². The Labute approximate surface area is 193 Å². The van der Waals surface area contributed by atoms with Crippen LogP contribution in [0.5, 0.6) is 5.75 Å². The molecule has 8 nitrogen and oxygen atoms in total. The number of nitrogens with zero attached hydrogens (tertiary/aromatic N) is 1. The van der Waals surface area contributed by atoms with Gasteiger partial charge in [0.2, 0.25) is 5.91 Å². The number of hydrogen-bond donors (Lipinski definition) is 1. The summed E-state index contributed by atoms with van der Waals surface area (Å²) in [7, 11) is 1.48. The molecule has 0 aromatic heterocycles. The largest absolute Gasteiger partial charge is 0.495 e. The first kappa shape index (κ1) is 24.3. The SMILES string of the molecule is COc1cc(Cl)c(C)cc1NC(=O)C(C)OC(=O)C1(CC(=O)N2CCOCC2)CCCC1. The van der Waals surface area contributed by atoms with Gasteiger partial charge in [-0.15, -0.1) is 0 Å². The summed E-state index contributed by atoms with van der Waals surface area (Å²) >= 11 is 6.12. The summed E-state index contributed by atoms with van der Waals surface area (Å²) < 4.78 is 16.2. The Balaban J connectivity index is 1.65. The number of carbonyl (C=O) groups excluding carboxylic acids is 3. The van der Waals surface area contributed by atoms with Crippen LogP contribution in [0.3, 0.4) is 0 Å². The van der Waals surface area contributed by atoms with Gasteiger partial charge >= 0.3 is 5.97 Å². The lowest BCUT2D eigenvalue weighted by Gasteiger charge is -2.32. The van der Waals surface area contributed by atoms with Crippen LogP contribution in [0.15, 0.2) is 12.1 Å². The molecule has 32 heavy (non-hydrogen) atoms. The molecule has 1 aromatic carbocycles. The van der Waals surface area contributed by atoms with E-state index < -0.39 is 23.4 Å². The second kappa shape index (κ2) is 10.5. The highest BCUT2D eigenvalue weighted by Crippen LogP contribution is 2.43. The van der Waals surface area contributed by atoms with Gasteiger partial charge in [-0.05, 0) is 38.3 Å². The van der Waals surface area contributed by atoms with Crippen molar-refractivity contribution < 1.29 is 28.6 Å². The van der Waals surface area contributed by atoms with Crippen molar-refractivity contribution in [1.82, 2.24) is 4.90 Å². The average molecular weight is 467 g/mol. The normalized spacial score (nSPS) is 18.7. The topological polar surface area (TPSA) is 94.2 Å². The van der Waals surface area contributed by atoms with Gasteiger partial charge in [-0.1, -0.05) is 24.4 Å². The van der Waals surface area contributed by atoms with Crippen molar-refractivity contribution in [3.63, 3.8) is 0 Å². The minimum absolute atomic E-state index is 0.0642. The molecule has 1 saturated heterocycles. The van der Waals surface area contributed by atoms with Crippen molar-refractivity contribution in [1.29, 1.82) is 0 Å². The fourth-order valence-corrected chi connectivity index (χ4v) is 4.38. The molecule has 0 spiro atoms. The molecule has 1 saturated carbocycles. The highest BCUT2D eigenvalue weighted by atomic mass is 35.5. The van der Waals surface area contributed by atoms with E-state index in [-0.39, 0.29) is 12.3 Å². The summed E-state index contributed by atoms with van der Waals surface area (Å²) in [4.78, 5) is 40.4. The number of benzene rings is 1. The van der Waals surface area contributed by atoms with Crippen LogP contribution in [-0.4, -0.2) is 62.2 Å². The third kappa shape index (κ3) is 5.53. The molecular weight excluding hydrogens is 436 g/mol. The highest BCUT2D eigenvalue weighted by molar-refractivity contribution is 6.31. The molecule has 2 amide bonds. The summed E-state index contributed by atoms with van der Waals surface area (Å²) in [6.45, 7) is 5.42. The van der Waals surface area contributed by atoms with Crippen molar-refractivity contribution in [3.8, 4) is 5.75 Å². The van der Waals surface area contributed by atoms with Gasteiger partial charge in [0.15, 0.2) is 6.10 Å². The number of carbonyl (C=O) groups is 3. The minimum atomic E-state index is -1.03. The summed E-state index contributed by atoms with van der Waals surface area (Å²) in [6.07, 6.45) is 1.95. The van der Waals surface area contributed by atoms with Gasteiger partial charge < -0.3 is 24.4 Å². The maximum absolute atomic E-state index is 13.1. The van der Waals surface area contributed by atoms with Crippen LogP contribution in [0.4, 0.5) is 5.69 Å². The van der Waals surface area contributed by atoms with E-state index in [1.807, 2.05) is 6.92 Å². The first-order valence-corrected chi connectivity index (χ1v) is 11.3. The molecule has 2 fully saturated rings. The zero-order valence-electron chi connectivity index (χ0n) is 18.9. The molecule has 2 aliphatic rings. The highest BCUT2D eigenvalue weighted by Gasteiger charge is 2.46. The second-order valence-corrected chi connectivity index (χ2v) is 8.90. The number of rotatable bonds is 7. The molecular formula is C23H31ClN2O6. The van der Waals surface area contributed by atoms with Gasteiger partial charge in [0, 0.05) is 30.6 Å². The van der Waals surface area contributed by atoms with Crippen molar-refractivity contribution in [3.05, 3.63) is 22.7 Å². The molecule has 3 rings (SSSR count). The van der Waals surface area contributed by atoms with E-state index in [9.17, 15) is 14.4 Å². The summed E-state index contributed by atoms with van der Waals surface area (Å²) in [5, 5.41) is 3.26. The fraction of sp³-hybridized carbons (Fsp3) is 0.609. The maximum atomic E-state index is 13.1. The second-order valence-electron chi connectivity index (χ2n) is 8.50. The number of ether oxygens (including phenoxy) is 3. The Morgan fingerprint density at radius 2 is 1.88 bits per heavy atom. The number of amides is 2. The molecule has 176 valence electrons. The van der Waals surface area contributed by atoms with Crippen LogP contribution in [0.2, 0.25) is 5.02 Å². The monoisotopic (exact) mass is 466 g/mol. The number of methoxy groups -OCH3 is 1. The van der Waals surface area contributed by atoms with Gasteiger partial charge in [0.1, 0.15) is 5.75 Å². The molecule has 0 radical (unpaired) electrons. The van der Waals surface area contributed by atoms with E-state index in [4.69, 9.17) is 25.8 Å². The number of aryl methyl sites for hydroxylation is 1. The van der Waals surface area contributed by atoms with E-state index >= 15 is 0 Å². The predicted molar refractivity (Wildman–Crippen MR) is 120 cm³/mol. The van der Waals surface area contributed by atoms with Crippen LogP contribution in [-0.2, 0) is 23.9 Å². The molecule has 1 aromatic rings. The summed E-state index contributed by atoms with van der Waals surface area (Å²) in [5.41, 5.74) is 0.345. The Hall–Kier alpha value is -2.32. The number of hydrogen-bond acceptors (Lipinski definition) is 6. The number of nitrogens with one attached hydrogen (secondary N) is 1. The van der Waals surface area contributed by atoms with Gasteiger partial charge in [-0.3, -0.25) is 14.4 Å². The summed E-state index contributed by atoms with van der Waals surface area (Å²) in [5.74, 6) is -0.619. The van der Waals surface area contributed by atoms with Crippen LogP contribution in [0, 0.1) is 12.3 Å². The molecule has 9 heteroatoms. The first-order valence-electron chi connectivity index (χ1n) is 11.0. The quantitative estimate of drug-likeness (QED) is 0.619. The average Bonchev–Trinajstić information content (AvgIpc) is 3.26. The number of halogens is 1. The lowest BCUT2D eigenvalue weighted by molar-refractivity contribution is -0.166. The van der Waals surface area contributed by atoms with Gasteiger partial charge in [0.25, 0.3) is 5.91 Å². The van der Waals surface area contributed by atoms with Crippen molar-refractivity contribution in [2.75, 3.05) is 38.7 Å². The van der Waals surface area contributed by atoms with E-state index in [1.54, 1.807) is 17.0 Å².